The monoisotopic (exact) mass is 391 g/mol. The fourth-order valence-electron chi connectivity index (χ4n) is 4.04. The molecule has 7 heteroatoms. The standard InChI is InChI=1S/C22H25N5O2/c1-15(2)11-16(12-27-14-23-25-26-27)24-22(28)29-13-21-19-9-5-3-7-17(19)18-8-4-6-10-20(18)21/h3-10,14-16,21H,11-13H2,1-2H3,(H,24,28)/t16-/m0/s1. The quantitative estimate of drug-likeness (QED) is 0.665. The lowest BCUT2D eigenvalue weighted by atomic mass is 9.98. The summed E-state index contributed by atoms with van der Waals surface area (Å²) >= 11 is 0. The summed E-state index contributed by atoms with van der Waals surface area (Å²) in [6.07, 6.45) is 1.95. The second-order valence-electron chi connectivity index (χ2n) is 7.83. The minimum Gasteiger partial charge on any atom is -0.449 e. The van der Waals surface area contributed by atoms with Gasteiger partial charge < -0.3 is 10.1 Å². The minimum atomic E-state index is -0.411. The SMILES string of the molecule is CC(C)C[C@@H](Cn1cnnn1)NC(=O)OCC1c2ccccc2-c2ccccc21. The van der Waals surface area contributed by atoms with Crippen molar-refractivity contribution in [1.82, 2.24) is 25.5 Å². The molecule has 2 aromatic carbocycles. The average molecular weight is 391 g/mol. The first-order valence-corrected chi connectivity index (χ1v) is 9.94. The second-order valence-corrected chi connectivity index (χ2v) is 7.83. The van der Waals surface area contributed by atoms with Crippen LogP contribution in [0.4, 0.5) is 4.79 Å². The lowest BCUT2D eigenvalue weighted by molar-refractivity contribution is 0.136. The third-order valence-electron chi connectivity index (χ3n) is 5.22. The van der Waals surface area contributed by atoms with Gasteiger partial charge in [-0.15, -0.1) is 5.10 Å². The number of fused-ring (bicyclic) bond motifs is 3. The molecule has 3 aromatic rings. The van der Waals surface area contributed by atoms with Crippen LogP contribution in [0, 0.1) is 5.92 Å². The van der Waals surface area contributed by atoms with Crippen LogP contribution >= 0.6 is 0 Å². The topological polar surface area (TPSA) is 81.9 Å². The average Bonchev–Trinajstić information content (AvgIpc) is 3.32. The van der Waals surface area contributed by atoms with Gasteiger partial charge in [0.05, 0.1) is 12.6 Å². The van der Waals surface area contributed by atoms with Gasteiger partial charge in [-0.1, -0.05) is 62.4 Å². The number of alkyl carbamates (subject to hydrolysis) is 1. The summed E-state index contributed by atoms with van der Waals surface area (Å²) in [5.41, 5.74) is 4.84. The maximum atomic E-state index is 12.5. The molecule has 1 atom stereocenters. The molecule has 0 bridgehead atoms. The van der Waals surface area contributed by atoms with E-state index in [2.05, 4.69) is 59.0 Å². The highest BCUT2D eigenvalue weighted by Crippen LogP contribution is 2.44. The van der Waals surface area contributed by atoms with Gasteiger partial charge >= 0.3 is 6.09 Å². The van der Waals surface area contributed by atoms with Crippen LogP contribution in [0.2, 0.25) is 0 Å². The molecule has 0 saturated heterocycles. The van der Waals surface area contributed by atoms with Gasteiger partial charge in [0.1, 0.15) is 12.9 Å². The van der Waals surface area contributed by atoms with E-state index in [-0.39, 0.29) is 12.0 Å². The Morgan fingerprint density at radius 3 is 2.34 bits per heavy atom. The number of hydrogen-bond acceptors (Lipinski definition) is 5. The zero-order valence-corrected chi connectivity index (χ0v) is 16.7. The van der Waals surface area contributed by atoms with Crippen molar-refractivity contribution in [3.05, 3.63) is 66.0 Å². The smallest absolute Gasteiger partial charge is 0.407 e. The molecule has 0 spiro atoms. The van der Waals surface area contributed by atoms with Crippen molar-refractivity contribution in [2.24, 2.45) is 5.92 Å². The molecular weight excluding hydrogens is 366 g/mol. The molecule has 0 unspecified atom stereocenters. The highest BCUT2D eigenvalue weighted by atomic mass is 16.5. The third kappa shape index (κ3) is 4.29. The van der Waals surface area contributed by atoms with Gasteiger partial charge in [0.25, 0.3) is 0 Å². The van der Waals surface area contributed by atoms with E-state index in [9.17, 15) is 4.79 Å². The number of rotatable bonds is 7. The maximum absolute atomic E-state index is 12.5. The Bertz CT molecular complexity index is 925. The summed E-state index contributed by atoms with van der Waals surface area (Å²) in [5.74, 6) is 0.474. The van der Waals surface area contributed by atoms with E-state index >= 15 is 0 Å². The van der Waals surface area contributed by atoms with Gasteiger partial charge in [-0.2, -0.15) is 0 Å². The molecule has 0 saturated carbocycles. The van der Waals surface area contributed by atoms with Crippen molar-refractivity contribution in [2.45, 2.75) is 38.8 Å². The lowest BCUT2D eigenvalue weighted by Gasteiger charge is -2.21. The van der Waals surface area contributed by atoms with Gasteiger partial charge in [-0.05, 0) is 45.0 Å². The van der Waals surface area contributed by atoms with Crippen molar-refractivity contribution in [1.29, 1.82) is 0 Å². The second kappa shape index (κ2) is 8.43. The molecular formula is C22H25N5O2. The van der Waals surface area contributed by atoms with Crippen LogP contribution in [0.25, 0.3) is 11.1 Å². The Morgan fingerprint density at radius 1 is 1.10 bits per heavy atom. The first-order chi connectivity index (χ1) is 14.1. The van der Waals surface area contributed by atoms with Crippen LogP contribution in [-0.4, -0.2) is 38.9 Å². The number of amides is 1. The Balaban J connectivity index is 1.42. The maximum Gasteiger partial charge on any atom is 0.407 e. The van der Waals surface area contributed by atoms with Gasteiger partial charge in [-0.25, -0.2) is 9.48 Å². The number of aromatic nitrogens is 4. The fraction of sp³-hybridized carbons (Fsp3) is 0.364. The van der Waals surface area contributed by atoms with E-state index in [1.165, 1.54) is 22.3 Å². The number of nitrogens with one attached hydrogen (secondary N) is 1. The third-order valence-corrected chi connectivity index (χ3v) is 5.22. The van der Waals surface area contributed by atoms with Crippen LogP contribution in [0.3, 0.4) is 0 Å². The zero-order chi connectivity index (χ0) is 20.2. The normalized spacial score (nSPS) is 13.8. The Kier molecular flexibility index (Phi) is 5.55. The summed E-state index contributed by atoms with van der Waals surface area (Å²) in [5, 5.41) is 14.2. The molecule has 4 rings (SSSR count). The number of carbonyl (C=O) groups excluding carboxylic acids is 1. The van der Waals surface area contributed by atoms with Crippen molar-refractivity contribution in [2.75, 3.05) is 6.61 Å². The molecule has 29 heavy (non-hydrogen) atoms. The predicted octanol–water partition coefficient (Wildman–Crippen LogP) is 3.63. The number of carbonyl (C=O) groups is 1. The number of nitrogens with zero attached hydrogens (tertiary/aromatic N) is 4. The molecule has 1 amide bonds. The van der Waals surface area contributed by atoms with Crippen molar-refractivity contribution in [3.8, 4) is 11.1 Å². The predicted molar refractivity (Wildman–Crippen MR) is 109 cm³/mol. The number of ether oxygens (including phenoxy) is 1. The highest BCUT2D eigenvalue weighted by Gasteiger charge is 2.29. The lowest BCUT2D eigenvalue weighted by Crippen LogP contribution is -2.39. The van der Waals surface area contributed by atoms with E-state index in [0.717, 1.165) is 6.42 Å². The Morgan fingerprint density at radius 2 is 1.76 bits per heavy atom. The van der Waals surface area contributed by atoms with Crippen LogP contribution in [0.1, 0.15) is 37.3 Å². The van der Waals surface area contributed by atoms with Crippen LogP contribution < -0.4 is 5.32 Å². The van der Waals surface area contributed by atoms with Crippen LogP contribution in [-0.2, 0) is 11.3 Å². The van der Waals surface area contributed by atoms with E-state index < -0.39 is 6.09 Å². The Labute approximate surface area is 170 Å². The highest BCUT2D eigenvalue weighted by molar-refractivity contribution is 5.79. The number of hydrogen-bond donors (Lipinski definition) is 1. The summed E-state index contributed by atoms with van der Waals surface area (Å²) in [6, 6.07) is 16.5. The van der Waals surface area contributed by atoms with Crippen molar-refractivity contribution >= 4 is 6.09 Å². The summed E-state index contributed by atoms with van der Waals surface area (Å²) < 4.78 is 7.28. The molecule has 0 radical (unpaired) electrons. The van der Waals surface area contributed by atoms with Gasteiger partial charge in [0.2, 0.25) is 0 Å². The summed E-state index contributed by atoms with van der Waals surface area (Å²) in [6.45, 7) is 5.05. The van der Waals surface area contributed by atoms with Gasteiger partial charge in [0.15, 0.2) is 0 Å². The first-order valence-electron chi connectivity index (χ1n) is 9.94. The molecule has 0 aliphatic heterocycles. The molecule has 1 aromatic heterocycles. The largest absolute Gasteiger partial charge is 0.449 e. The van der Waals surface area contributed by atoms with E-state index in [1.54, 1.807) is 11.0 Å². The van der Waals surface area contributed by atoms with E-state index in [4.69, 9.17) is 4.74 Å². The van der Waals surface area contributed by atoms with Crippen molar-refractivity contribution in [3.63, 3.8) is 0 Å². The van der Waals surface area contributed by atoms with E-state index in [0.29, 0.717) is 19.1 Å². The molecule has 1 aliphatic rings. The molecule has 1 aliphatic carbocycles. The Hall–Kier alpha value is -3.22. The van der Waals surface area contributed by atoms with E-state index in [1.807, 2.05) is 24.3 Å². The summed E-state index contributed by atoms with van der Waals surface area (Å²) in [4.78, 5) is 12.5. The molecule has 150 valence electrons. The fourth-order valence-corrected chi connectivity index (χ4v) is 4.04. The molecule has 1 heterocycles. The molecule has 0 fully saturated rings. The number of tetrazole rings is 1. The molecule has 7 nitrogen and oxygen atoms in total. The van der Waals surface area contributed by atoms with Crippen LogP contribution in [0.15, 0.2) is 54.9 Å². The first kappa shape index (κ1) is 19.1. The minimum absolute atomic E-state index is 0.0521. The molecule has 1 N–H and O–H groups in total. The zero-order valence-electron chi connectivity index (χ0n) is 16.7. The summed E-state index contributed by atoms with van der Waals surface area (Å²) in [7, 11) is 0. The van der Waals surface area contributed by atoms with Gasteiger partial charge in [-0.3, -0.25) is 0 Å². The van der Waals surface area contributed by atoms with Gasteiger partial charge in [0, 0.05) is 5.92 Å². The number of benzene rings is 2. The van der Waals surface area contributed by atoms with Crippen molar-refractivity contribution < 1.29 is 9.53 Å². The van der Waals surface area contributed by atoms with Crippen LogP contribution in [0.5, 0.6) is 0 Å².